The van der Waals surface area contributed by atoms with E-state index in [0.29, 0.717) is 5.02 Å². The van der Waals surface area contributed by atoms with E-state index in [-0.39, 0.29) is 0 Å². The molecule has 1 unspecified atom stereocenters. The molecule has 1 N–H and O–H groups in total. The lowest BCUT2D eigenvalue weighted by atomic mass is 9.99. The molecule has 1 aliphatic heterocycles. The molecule has 1 aliphatic rings. The van der Waals surface area contributed by atoms with Crippen LogP contribution in [0.15, 0.2) is 24.3 Å². The SMILES string of the molecule is CN(CCC(O)c1ccc(Cl)cc1)CC1CCOCC1. The Kier molecular flexibility index (Phi) is 6.30. The monoisotopic (exact) mass is 297 g/mol. The second kappa shape index (κ2) is 7.99. The van der Waals surface area contributed by atoms with Crippen LogP contribution in [0.4, 0.5) is 0 Å². The summed E-state index contributed by atoms with van der Waals surface area (Å²) in [6.07, 6.45) is 2.65. The van der Waals surface area contributed by atoms with Crippen molar-refractivity contribution < 1.29 is 9.84 Å². The molecule has 0 aliphatic carbocycles. The molecular weight excluding hydrogens is 274 g/mol. The second-order valence-electron chi connectivity index (χ2n) is 5.67. The van der Waals surface area contributed by atoms with Crippen LogP contribution in [0.1, 0.15) is 30.9 Å². The number of ether oxygens (including phenoxy) is 1. The highest BCUT2D eigenvalue weighted by Crippen LogP contribution is 2.20. The van der Waals surface area contributed by atoms with E-state index in [1.54, 1.807) is 0 Å². The Morgan fingerprint density at radius 3 is 2.60 bits per heavy atom. The second-order valence-corrected chi connectivity index (χ2v) is 6.11. The molecule has 1 fully saturated rings. The molecule has 1 heterocycles. The van der Waals surface area contributed by atoms with Gasteiger partial charge < -0.3 is 14.7 Å². The predicted octanol–water partition coefficient (Wildman–Crippen LogP) is 3.12. The molecule has 0 bridgehead atoms. The zero-order valence-corrected chi connectivity index (χ0v) is 12.9. The normalized spacial score (nSPS) is 18.4. The number of nitrogens with zero attached hydrogens (tertiary/aromatic N) is 1. The number of benzene rings is 1. The minimum absolute atomic E-state index is 0.413. The molecule has 1 aromatic rings. The maximum Gasteiger partial charge on any atom is 0.0802 e. The fraction of sp³-hybridized carbons (Fsp3) is 0.625. The van der Waals surface area contributed by atoms with Crippen molar-refractivity contribution in [3.8, 4) is 0 Å². The fourth-order valence-electron chi connectivity index (χ4n) is 2.66. The van der Waals surface area contributed by atoms with Crippen LogP contribution in [-0.4, -0.2) is 43.4 Å². The molecule has 3 nitrogen and oxygen atoms in total. The molecule has 0 amide bonds. The minimum Gasteiger partial charge on any atom is -0.388 e. The third-order valence-electron chi connectivity index (χ3n) is 3.95. The van der Waals surface area contributed by atoms with E-state index in [9.17, 15) is 5.11 Å². The fourth-order valence-corrected chi connectivity index (χ4v) is 2.78. The topological polar surface area (TPSA) is 32.7 Å². The molecule has 4 heteroatoms. The lowest BCUT2D eigenvalue weighted by Gasteiger charge is -2.27. The van der Waals surface area contributed by atoms with Gasteiger partial charge in [-0.25, -0.2) is 0 Å². The van der Waals surface area contributed by atoms with Gasteiger partial charge in [0, 0.05) is 31.3 Å². The molecule has 1 aromatic carbocycles. The number of halogens is 1. The highest BCUT2D eigenvalue weighted by molar-refractivity contribution is 6.30. The first-order valence-electron chi connectivity index (χ1n) is 7.35. The van der Waals surface area contributed by atoms with Crippen LogP contribution in [0.25, 0.3) is 0 Å². The third kappa shape index (κ3) is 5.06. The van der Waals surface area contributed by atoms with Crippen molar-refractivity contribution in [2.45, 2.75) is 25.4 Å². The molecule has 112 valence electrons. The van der Waals surface area contributed by atoms with Crippen LogP contribution in [0.2, 0.25) is 5.02 Å². The van der Waals surface area contributed by atoms with E-state index in [1.807, 2.05) is 24.3 Å². The van der Waals surface area contributed by atoms with Crippen molar-refractivity contribution >= 4 is 11.6 Å². The summed E-state index contributed by atoms with van der Waals surface area (Å²) < 4.78 is 5.38. The van der Waals surface area contributed by atoms with Crippen LogP contribution < -0.4 is 0 Å². The minimum atomic E-state index is -0.413. The van der Waals surface area contributed by atoms with E-state index in [0.717, 1.165) is 57.0 Å². The average Bonchev–Trinajstić information content (AvgIpc) is 2.46. The smallest absolute Gasteiger partial charge is 0.0802 e. The maximum atomic E-state index is 10.2. The highest BCUT2D eigenvalue weighted by Gasteiger charge is 2.16. The molecule has 0 radical (unpaired) electrons. The number of aliphatic hydroxyl groups is 1. The Morgan fingerprint density at radius 1 is 1.30 bits per heavy atom. The molecule has 2 rings (SSSR count). The first kappa shape index (κ1) is 15.8. The van der Waals surface area contributed by atoms with Gasteiger partial charge in [0.05, 0.1) is 6.10 Å². The van der Waals surface area contributed by atoms with Crippen molar-refractivity contribution in [1.29, 1.82) is 0 Å². The molecule has 1 saturated heterocycles. The predicted molar refractivity (Wildman–Crippen MR) is 82.1 cm³/mol. The number of hydrogen-bond donors (Lipinski definition) is 1. The first-order chi connectivity index (χ1) is 9.65. The lowest BCUT2D eigenvalue weighted by Crippen LogP contribution is -2.30. The number of aliphatic hydroxyl groups excluding tert-OH is 1. The lowest BCUT2D eigenvalue weighted by molar-refractivity contribution is 0.0534. The zero-order chi connectivity index (χ0) is 14.4. The summed E-state index contributed by atoms with van der Waals surface area (Å²) >= 11 is 5.85. The first-order valence-corrected chi connectivity index (χ1v) is 7.73. The van der Waals surface area contributed by atoms with E-state index < -0.39 is 6.10 Å². The van der Waals surface area contributed by atoms with Gasteiger partial charge in [-0.05, 0) is 49.9 Å². The maximum absolute atomic E-state index is 10.2. The molecule has 20 heavy (non-hydrogen) atoms. The van der Waals surface area contributed by atoms with E-state index in [2.05, 4.69) is 11.9 Å². The van der Waals surface area contributed by atoms with Crippen molar-refractivity contribution in [3.63, 3.8) is 0 Å². The number of hydrogen-bond acceptors (Lipinski definition) is 3. The molecular formula is C16H24ClNO2. The van der Waals surface area contributed by atoms with E-state index >= 15 is 0 Å². The standard InChI is InChI=1S/C16H24ClNO2/c1-18(12-13-7-10-20-11-8-13)9-6-16(19)14-2-4-15(17)5-3-14/h2-5,13,16,19H,6-12H2,1H3. The van der Waals surface area contributed by atoms with Gasteiger partial charge in [0.1, 0.15) is 0 Å². The Balaban J connectivity index is 1.71. The van der Waals surface area contributed by atoms with Crippen LogP contribution >= 0.6 is 11.6 Å². The van der Waals surface area contributed by atoms with E-state index in [4.69, 9.17) is 16.3 Å². The molecule has 1 atom stereocenters. The zero-order valence-electron chi connectivity index (χ0n) is 12.1. The van der Waals surface area contributed by atoms with E-state index in [1.165, 1.54) is 0 Å². The molecule has 0 aromatic heterocycles. The van der Waals surface area contributed by atoms with Gasteiger partial charge in [-0.2, -0.15) is 0 Å². The third-order valence-corrected chi connectivity index (χ3v) is 4.20. The summed E-state index contributed by atoms with van der Waals surface area (Å²) in [4.78, 5) is 2.31. The van der Waals surface area contributed by atoms with Gasteiger partial charge in [-0.1, -0.05) is 23.7 Å². The largest absolute Gasteiger partial charge is 0.388 e. The Morgan fingerprint density at radius 2 is 1.95 bits per heavy atom. The number of rotatable bonds is 6. The van der Waals surface area contributed by atoms with Gasteiger partial charge >= 0.3 is 0 Å². The summed E-state index contributed by atoms with van der Waals surface area (Å²) in [6, 6.07) is 7.44. The highest BCUT2D eigenvalue weighted by atomic mass is 35.5. The summed E-state index contributed by atoms with van der Waals surface area (Å²) in [6.45, 7) is 3.79. The van der Waals surface area contributed by atoms with Gasteiger partial charge in [-0.3, -0.25) is 0 Å². The van der Waals surface area contributed by atoms with Crippen molar-refractivity contribution in [2.75, 3.05) is 33.4 Å². The Labute approximate surface area is 126 Å². The Hall–Kier alpha value is -0.610. The summed E-state index contributed by atoms with van der Waals surface area (Å²) in [5.41, 5.74) is 0.939. The van der Waals surface area contributed by atoms with Gasteiger partial charge in [-0.15, -0.1) is 0 Å². The van der Waals surface area contributed by atoms with Crippen LogP contribution in [0.3, 0.4) is 0 Å². The van der Waals surface area contributed by atoms with Crippen molar-refractivity contribution in [3.05, 3.63) is 34.9 Å². The Bertz CT molecular complexity index is 390. The summed E-state index contributed by atoms with van der Waals surface area (Å²) in [7, 11) is 2.13. The molecule has 0 spiro atoms. The summed E-state index contributed by atoms with van der Waals surface area (Å²) in [5.74, 6) is 0.737. The molecule has 0 saturated carbocycles. The van der Waals surface area contributed by atoms with Crippen molar-refractivity contribution in [2.24, 2.45) is 5.92 Å². The average molecular weight is 298 g/mol. The van der Waals surface area contributed by atoms with Gasteiger partial charge in [0.25, 0.3) is 0 Å². The van der Waals surface area contributed by atoms with Crippen LogP contribution in [0, 0.1) is 5.92 Å². The van der Waals surface area contributed by atoms with Crippen molar-refractivity contribution in [1.82, 2.24) is 4.90 Å². The van der Waals surface area contributed by atoms with Crippen LogP contribution in [-0.2, 0) is 4.74 Å². The van der Waals surface area contributed by atoms with Crippen LogP contribution in [0.5, 0.6) is 0 Å². The van der Waals surface area contributed by atoms with Gasteiger partial charge in [0.15, 0.2) is 0 Å². The summed E-state index contributed by atoms with van der Waals surface area (Å²) in [5, 5.41) is 10.9. The van der Waals surface area contributed by atoms with Gasteiger partial charge in [0.2, 0.25) is 0 Å². The quantitative estimate of drug-likeness (QED) is 0.876.